The second-order valence-electron chi connectivity index (χ2n) is 4.25. The van der Waals surface area contributed by atoms with Crippen molar-refractivity contribution in [1.29, 1.82) is 0 Å². The number of nitrogens with two attached hydrogens (primary N) is 1. The molecule has 0 aliphatic heterocycles. The average molecular weight is 260 g/mol. The van der Waals surface area contributed by atoms with Gasteiger partial charge >= 0.3 is 0 Å². The first-order valence-electron chi connectivity index (χ1n) is 6.02. The lowest BCUT2D eigenvalue weighted by molar-refractivity contribution is 0.414. The zero-order valence-electron chi connectivity index (χ0n) is 11.1. The van der Waals surface area contributed by atoms with Gasteiger partial charge in [-0.1, -0.05) is 12.1 Å². The van der Waals surface area contributed by atoms with Crippen LogP contribution in [0.2, 0.25) is 0 Å². The molecule has 0 aromatic heterocycles. The van der Waals surface area contributed by atoms with E-state index in [0.717, 1.165) is 11.3 Å². The van der Waals surface area contributed by atoms with E-state index in [9.17, 15) is 4.39 Å². The van der Waals surface area contributed by atoms with Gasteiger partial charge in [0.1, 0.15) is 11.6 Å². The summed E-state index contributed by atoms with van der Waals surface area (Å²) < 4.78 is 18.6. The number of hydrogen-bond acceptors (Lipinski definition) is 3. The molecule has 0 fully saturated rings. The van der Waals surface area contributed by atoms with Crippen molar-refractivity contribution in [2.24, 2.45) is 5.73 Å². The third kappa shape index (κ3) is 2.85. The highest BCUT2D eigenvalue weighted by atomic mass is 19.1. The van der Waals surface area contributed by atoms with Gasteiger partial charge in [0.15, 0.2) is 0 Å². The van der Waals surface area contributed by atoms with Gasteiger partial charge in [-0.15, -0.1) is 0 Å². The third-order valence-electron chi connectivity index (χ3n) is 3.06. The molecule has 4 heteroatoms. The average Bonchev–Trinajstić information content (AvgIpc) is 2.46. The molecule has 2 aromatic rings. The van der Waals surface area contributed by atoms with Crippen LogP contribution in [0, 0.1) is 5.82 Å². The largest absolute Gasteiger partial charge is 0.495 e. The number of rotatable bonds is 4. The maximum Gasteiger partial charge on any atom is 0.142 e. The van der Waals surface area contributed by atoms with Crippen molar-refractivity contribution >= 4 is 11.4 Å². The summed E-state index contributed by atoms with van der Waals surface area (Å²) in [7, 11) is 3.44. The number of ether oxygens (including phenoxy) is 1. The van der Waals surface area contributed by atoms with E-state index in [2.05, 4.69) is 0 Å². The first-order valence-corrected chi connectivity index (χ1v) is 6.02. The molecule has 0 aliphatic carbocycles. The lowest BCUT2D eigenvalue weighted by Crippen LogP contribution is -2.11. The van der Waals surface area contributed by atoms with E-state index in [0.29, 0.717) is 18.0 Å². The predicted molar refractivity (Wildman–Crippen MR) is 75.3 cm³/mol. The van der Waals surface area contributed by atoms with E-state index in [4.69, 9.17) is 10.5 Å². The van der Waals surface area contributed by atoms with Crippen LogP contribution in [0.3, 0.4) is 0 Å². The van der Waals surface area contributed by atoms with Crippen molar-refractivity contribution in [3.63, 3.8) is 0 Å². The number of anilines is 2. The minimum Gasteiger partial charge on any atom is -0.495 e. The monoisotopic (exact) mass is 260 g/mol. The molecule has 100 valence electrons. The number of halogens is 1. The number of hydrogen-bond donors (Lipinski definition) is 1. The predicted octanol–water partition coefficient (Wildman–Crippen LogP) is 3.06. The molecule has 2 rings (SSSR count). The van der Waals surface area contributed by atoms with Gasteiger partial charge < -0.3 is 15.4 Å². The fraction of sp³-hybridized carbons (Fsp3) is 0.200. The molecular weight excluding hydrogens is 243 g/mol. The fourth-order valence-corrected chi connectivity index (χ4v) is 1.92. The van der Waals surface area contributed by atoms with E-state index in [-0.39, 0.29) is 5.82 Å². The molecule has 0 amide bonds. The van der Waals surface area contributed by atoms with Crippen molar-refractivity contribution in [2.75, 3.05) is 19.1 Å². The maximum absolute atomic E-state index is 13.4. The lowest BCUT2D eigenvalue weighted by atomic mass is 10.2. The van der Waals surface area contributed by atoms with Crippen LogP contribution in [0.5, 0.6) is 5.75 Å². The Morgan fingerprint density at radius 1 is 1.16 bits per heavy atom. The molecule has 19 heavy (non-hydrogen) atoms. The molecule has 3 nitrogen and oxygen atoms in total. The molecule has 0 aliphatic rings. The van der Waals surface area contributed by atoms with Gasteiger partial charge in [-0.05, 0) is 29.8 Å². The zero-order valence-corrected chi connectivity index (χ0v) is 11.1. The van der Waals surface area contributed by atoms with Gasteiger partial charge in [-0.25, -0.2) is 4.39 Å². The Hall–Kier alpha value is -2.07. The van der Waals surface area contributed by atoms with E-state index >= 15 is 0 Å². The second-order valence-corrected chi connectivity index (χ2v) is 4.25. The molecular formula is C15H17FN2O. The van der Waals surface area contributed by atoms with Crippen LogP contribution in [-0.2, 0) is 6.54 Å². The van der Waals surface area contributed by atoms with Gasteiger partial charge in [0.05, 0.1) is 12.8 Å². The van der Waals surface area contributed by atoms with Crippen LogP contribution in [0.25, 0.3) is 0 Å². The third-order valence-corrected chi connectivity index (χ3v) is 3.06. The zero-order chi connectivity index (χ0) is 13.8. The molecule has 0 atom stereocenters. The summed E-state index contributed by atoms with van der Waals surface area (Å²) in [6.45, 7) is 0.507. The normalized spacial score (nSPS) is 10.3. The van der Waals surface area contributed by atoms with Crippen molar-refractivity contribution in [1.82, 2.24) is 0 Å². The quantitative estimate of drug-likeness (QED) is 0.918. The molecule has 2 aromatic carbocycles. The minimum absolute atomic E-state index is 0.291. The molecule has 0 unspecified atom stereocenters. The van der Waals surface area contributed by atoms with E-state index in [1.54, 1.807) is 13.2 Å². The Kier molecular flexibility index (Phi) is 4.02. The summed E-state index contributed by atoms with van der Waals surface area (Å²) in [6.07, 6.45) is 0. The van der Waals surface area contributed by atoms with Crippen molar-refractivity contribution in [3.05, 3.63) is 53.8 Å². The molecule has 2 N–H and O–H groups in total. The van der Waals surface area contributed by atoms with E-state index < -0.39 is 0 Å². The summed E-state index contributed by atoms with van der Waals surface area (Å²) in [5, 5.41) is 0. The summed E-state index contributed by atoms with van der Waals surface area (Å²) in [6, 6.07) is 12.3. The smallest absolute Gasteiger partial charge is 0.142 e. The fourth-order valence-electron chi connectivity index (χ4n) is 1.92. The number of benzene rings is 2. The van der Waals surface area contributed by atoms with Crippen molar-refractivity contribution in [3.8, 4) is 5.75 Å². The van der Waals surface area contributed by atoms with Gasteiger partial charge in [0.25, 0.3) is 0 Å². The first kappa shape index (κ1) is 13.4. The highest BCUT2D eigenvalue weighted by Gasteiger charge is 2.11. The Labute approximate surface area is 112 Å². The molecule has 0 saturated carbocycles. The molecule has 0 spiro atoms. The van der Waals surface area contributed by atoms with E-state index in [1.165, 1.54) is 12.1 Å². The molecule has 0 heterocycles. The Bertz CT molecular complexity index is 555. The van der Waals surface area contributed by atoms with Gasteiger partial charge in [0.2, 0.25) is 0 Å². The summed E-state index contributed by atoms with van der Waals surface area (Å²) >= 11 is 0. The Morgan fingerprint density at radius 3 is 2.42 bits per heavy atom. The molecule has 0 saturated heterocycles. The number of methoxy groups -OCH3 is 1. The van der Waals surface area contributed by atoms with Crippen molar-refractivity contribution < 1.29 is 9.13 Å². The van der Waals surface area contributed by atoms with Gasteiger partial charge in [0, 0.05) is 25.3 Å². The maximum atomic E-state index is 13.4. The first-order chi connectivity index (χ1) is 9.15. The number of nitrogens with zero attached hydrogens (tertiary/aromatic N) is 1. The summed E-state index contributed by atoms with van der Waals surface area (Å²) in [5.74, 6) is 0.341. The highest BCUT2D eigenvalue weighted by Crippen LogP contribution is 2.33. The Morgan fingerprint density at radius 2 is 1.84 bits per heavy atom. The highest BCUT2D eigenvalue weighted by molar-refractivity contribution is 5.68. The van der Waals surface area contributed by atoms with Gasteiger partial charge in [-0.3, -0.25) is 0 Å². The van der Waals surface area contributed by atoms with Gasteiger partial charge in [-0.2, -0.15) is 0 Å². The van der Waals surface area contributed by atoms with Crippen molar-refractivity contribution in [2.45, 2.75) is 6.54 Å². The molecule has 0 bridgehead atoms. The molecule has 0 radical (unpaired) electrons. The lowest BCUT2D eigenvalue weighted by Gasteiger charge is -2.22. The second kappa shape index (κ2) is 5.71. The van der Waals surface area contributed by atoms with E-state index in [1.807, 2.05) is 36.2 Å². The van der Waals surface area contributed by atoms with Crippen LogP contribution in [0.15, 0.2) is 42.5 Å². The Balaban J connectivity index is 2.36. The van der Waals surface area contributed by atoms with Crippen LogP contribution in [0.4, 0.5) is 15.8 Å². The summed E-state index contributed by atoms with van der Waals surface area (Å²) in [4.78, 5) is 1.88. The standard InChI is InChI=1S/C15H17FN2O/c1-18(13-6-3-11(10-17)4-7-13)14-9-12(16)5-8-15(14)19-2/h3-9H,10,17H2,1-2H3. The van der Waals surface area contributed by atoms with Crippen LogP contribution < -0.4 is 15.4 Å². The minimum atomic E-state index is -0.291. The SMILES string of the molecule is COc1ccc(F)cc1N(C)c1ccc(CN)cc1. The van der Waals surface area contributed by atoms with Crippen LogP contribution in [-0.4, -0.2) is 14.2 Å². The van der Waals surface area contributed by atoms with Crippen LogP contribution in [0.1, 0.15) is 5.56 Å². The topological polar surface area (TPSA) is 38.5 Å². The van der Waals surface area contributed by atoms with Crippen LogP contribution >= 0.6 is 0 Å². The summed E-state index contributed by atoms with van der Waals surface area (Å²) in [5.41, 5.74) is 8.26.